The van der Waals surface area contributed by atoms with Gasteiger partial charge in [0.05, 0.1) is 17.0 Å². The summed E-state index contributed by atoms with van der Waals surface area (Å²) < 4.78 is 0. The fourth-order valence-corrected chi connectivity index (χ4v) is 4.18. The van der Waals surface area contributed by atoms with Crippen molar-refractivity contribution in [3.63, 3.8) is 0 Å². The van der Waals surface area contributed by atoms with Crippen molar-refractivity contribution in [3.05, 3.63) is 58.1 Å². The van der Waals surface area contributed by atoms with Crippen LogP contribution in [0.4, 0.5) is 5.69 Å². The summed E-state index contributed by atoms with van der Waals surface area (Å²) in [5.41, 5.74) is 1.68. The zero-order chi connectivity index (χ0) is 18.7. The third kappa shape index (κ3) is 4.53. The van der Waals surface area contributed by atoms with Crippen molar-refractivity contribution in [1.82, 2.24) is 5.32 Å². The first kappa shape index (κ1) is 19.1. The highest BCUT2D eigenvalue weighted by molar-refractivity contribution is 8.01. The summed E-state index contributed by atoms with van der Waals surface area (Å²) in [7, 11) is 0. The molecule has 2 amide bonds. The molecule has 0 saturated heterocycles. The largest absolute Gasteiger partial charge is 0.349 e. The quantitative estimate of drug-likeness (QED) is 0.726. The van der Waals surface area contributed by atoms with Crippen LogP contribution in [-0.2, 0) is 9.59 Å². The fraction of sp³-hybridized carbons (Fsp3) is 0.263. The van der Waals surface area contributed by atoms with Crippen LogP contribution in [0, 0.1) is 0 Å². The third-order valence-corrected chi connectivity index (χ3v) is 5.91. The number of hydrogen-bond acceptors (Lipinski definition) is 3. The predicted octanol–water partition coefficient (Wildman–Crippen LogP) is 5.06. The van der Waals surface area contributed by atoms with Crippen LogP contribution in [0.15, 0.2) is 47.4 Å². The van der Waals surface area contributed by atoms with Crippen LogP contribution in [0.2, 0.25) is 10.0 Å². The van der Waals surface area contributed by atoms with Gasteiger partial charge in [-0.2, -0.15) is 0 Å². The van der Waals surface area contributed by atoms with E-state index in [0.29, 0.717) is 15.7 Å². The predicted molar refractivity (Wildman–Crippen MR) is 107 cm³/mol. The molecule has 0 aliphatic carbocycles. The molecule has 0 radical (unpaired) electrons. The number of carbonyl (C=O) groups is 2. The minimum absolute atomic E-state index is 0.109. The number of nitrogens with one attached hydrogen (secondary N) is 2. The molecule has 4 nitrogen and oxygen atoms in total. The molecule has 2 aromatic carbocycles. The number of hydrogen-bond donors (Lipinski definition) is 2. The lowest BCUT2D eigenvalue weighted by Gasteiger charge is -2.25. The summed E-state index contributed by atoms with van der Waals surface area (Å²) in [6.45, 7) is 2.00. The van der Waals surface area contributed by atoms with Crippen molar-refractivity contribution in [2.45, 2.75) is 36.0 Å². The maximum atomic E-state index is 12.5. The lowest BCUT2D eigenvalue weighted by Crippen LogP contribution is -2.36. The van der Waals surface area contributed by atoms with E-state index in [1.54, 1.807) is 24.3 Å². The number of halogens is 2. The lowest BCUT2D eigenvalue weighted by molar-refractivity contribution is -0.124. The zero-order valence-electron chi connectivity index (χ0n) is 14.1. The molecular weight excluding hydrogens is 391 g/mol. The number of amides is 2. The van der Waals surface area contributed by atoms with Gasteiger partial charge >= 0.3 is 0 Å². The van der Waals surface area contributed by atoms with E-state index >= 15 is 0 Å². The summed E-state index contributed by atoms with van der Waals surface area (Å²) in [5, 5.41) is 6.58. The molecule has 0 aromatic heterocycles. The van der Waals surface area contributed by atoms with Gasteiger partial charge in [0.15, 0.2) is 0 Å². The van der Waals surface area contributed by atoms with Crippen molar-refractivity contribution < 1.29 is 9.59 Å². The van der Waals surface area contributed by atoms with E-state index in [1.165, 1.54) is 11.8 Å². The zero-order valence-corrected chi connectivity index (χ0v) is 16.4. The molecule has 26 heavy (non-hydrogen) atoms. The van der Waals surface area contributed by atoms with E-state index in [2.05, 4.69) is 10.6 Å². The topological polar surface area (TPSA) is 58.2 Å². The van der Waals surface area contributed by atoms with E-state index in [0.717, 1.165) is 16.9 Å². The molecule has 2 unspecified atom stereocenters. The van der Waals surface area contributed by atoms with Crippen molar-refractivity contribution in [1.29, 1.82) is 0 Å². The van der Waals surface area contributed by atoms with E-state index < -0.39 is 5.25 Å². The summed E-state index contributed by atoms with van der Waals surface area (Å²) in [5.74, 6) is -0.337. The minimum atomic E-state index is -0.466. The number of benzene rings is 2. The Balaban J connectivity index is 1.64. The second-order valence-electron chi connectivity index (χ2n) is 6.02. The van der Waals surface area contributed by atoms with Crippen LogP contribution >= 0.6 is 35.0 Å². The number of fused-ring (bicyclic) bond motifs is 1. The van der Waals surface area contributed by atoms with Crippen molar-refractivity contribution in [2.24, 2.45) is 0 Å². The monoisotopic (exact) mass is 408 g/mol. The molecule has 0 saturated carbocycles. The molecule has 1 aliphatic rings. The van der Waals surface area contributed by atoms with E-state index in [4.69, 9.17) is 23.2 Å². The number of thioether (sulfide) groups is 1. The fourth-order valence-electron chi connectivity index (χ4n) is 2.79. The summed E-state index contributed by atoms with van der Waals surface area (Å²) >= 11 is 13.3. The van der Waals surface area contributed by atoms with Crippen molar-refractivity contribution >= 4 is 52.5 Å². The standard InChI is InChI=1S/C19H18Cl2N2O2S/c1-2-14(11-3-5-12(20)6-4-11)22-18(24)10-17-19(25)23-15-9-13(21)7-8-16(15)26-17/h3-9,14,17H,2,10H2,1H3,(H,22,24)(H,23,25). The minimum Gasteiger partial charge on any atom is -0.349 e. The van der Waals surface area contributed by atoms with Crippen LogP contribution in [0.25, 0.3) is 0 Å². The first-order valence-electron chi connectivity index (χ1n) is 8.28. The SMILES string of the molecule is CCC(NC(=O)CC1Sc2ccc(Cl)cc2NC1=O)c1ccc(Cl)cc1. The highest BCUT2D eigenvalue weighted by Crippen LogP contribution is 2.38. The van der Waals surface area contributed by atoms with E-state index in [1.807, 2.05) is 25.1 Å². The van der Waals surface area contributed by atoms with Gasteiger partial charge in [-0.1, -0.05) is 42.3 Å². The van der Waals surface area contributed by atoms with Gasteiger partial charge in [-0.3, -0.25) is 9.59 Å². The summed E-state index contributed by atoms with van der Waals surface area (Å²) in [6.07, 6.45) is 0.862. The second kappa shape index (κ2) is 8.33. The van der Waals surface area contributed by atoms with Crippen LogP contribution in [0.5, 0.6) is 0 Å². The van der Waals surface area contributed by atoms with Gasteiger partial charge in [-0.05, 0) is 42.3 Å². The van der Waals surface area contributed by atoms with Crippen molar-refractivity contribution in [2.75, 3.05) is 5.32 Å². The normalized spacial score (nSPS) is 17.2. The van der Waals surface area contributed by atoms with Gasteiger partial charge in [0.2, 0.25) is 11.8 Å². The van der Waals surface area contributed by atoms with Gasteiger partial charge in [0.25, 0.3) is 0 Å². The molecule has 0 fully saturated rings. The molecule has 2 N–H and O–H groups in total. The molecule has 7 heteroatoms. The molecule has 0 bridgehead atoms. The highest BCUT2D eigenvalue weighted by atomic mass is 35.5. The molecule has 3 rings (SSSR count). The molecular formula is C19H18Cl2N2O2S. The Kier molecular flexibility index (Phi) is 6.12. The maximum absolute atomic E-state index is 12.5. The number of rotatable bonds is 5. The van der Waals surface area contributed by atoms with E-state index in [-0.39, 0.29) is 24.3 Å². The van der Waals surface area contributed by atoms with Crippen molar-refractivity contribution in [3.8, 4) is 0 Å². The average Bonchev–Trinajstić information content (AvgIpc) is 2.61. The van der Waals surface area contributed by atoms with Crippen LogP contribution in [0.1, 0.15) is 31.4 Å². The first-order valence-corrected chi connectivity index (χ1v) is 9.91. The Morgan fingerprint density at radius 1 is 1.19 bits per heavy atom. The molecule has 2 atom stereocenters. The van der Waals surface area contributed by atoms with Gasteiger partial charge in [-0.15, -0.1) is 11.8 Å². The molecule has 0 spiro atoms. The lowest BCUT2D eigenvalue weighted by atomic mass is 10.0. The smallest absolute Gasteiger partial charge is 0.238 e. The Hall–Kier alpha value is -1.69. The van der Waals surface area contributed by atoms with Gasteiger partial charge < -0.3 is 10.6 Å². The Morgan fingerprint density at radius 3 is 2.58 bits per heavy atom. The average molecular weight is 409 g/mol. The second-order valence-corrected chi connectivity index (χ2v) is 8.14. The van der Waals surface area contributed by atoms with E-state index in [9.17, 15) is 9.59 Å². The first-order chi connectivity index (χ1) is 12.5. The van der Waals surface area contributed by atoms with Gasteiger partial charge in [-0.25, -0.2) is 0 Å². The number of anilines is 1. The van der Waals surface area contributed by atoms with Gasteiger partial charge in [0, 0.05) is 21.4 Å². The van der Waals surface area contributed by atoms with Gasteiger partial charge in [0.1, 0.15) is 0 Å². The van der Waals surface area contributed by atoms with Crippen LogP contribution in [0.3, 0.4) is 0 Å². The molecule has 1 heterocycles. The molecule has 136 valence electrons. The molecule has 1 aliphatic heterocycles. The highest BCUT2D eigenvalue weighted by Gasteiger charge is 2.29. The maximum Gasteiger partial charge on any atom is 0.238 e. The van der Waals surface area contributed by atoms with Crippen LogP contribution < -0.4 is 10.6 Å². The summed E-state index contributed by atoms with van der Waals surface area (Å²) in [4.78, 5) is 25.7. The Bertz CT molecular complexity index is 827. The number of carbonyl (C=O) groups excluding carboxylic acids is 2. The Labute approximate surface area is 166 Å². The summed E-state index contributed by atoms with van der Waals surface area (Å²) in [6, 6.07) is 12.6. The van der Waals surface area contributed by atoms with Crippen LogP contribution in [-0.4, -0.2) is 17.1 Å². The molecule has 2 aromatic rings. The third-order valence-electron chi connectivity index (χ3n) is 4.15. The Morgan fingerprint density at radius 2 is 1.88 bits per heavy atom.